The molecule has 2 rings (SSSR count). The number of nitro benzene ring substituents is 1. The number of fused-ring (bicyclic) bond motifs is 1. The topological polar surface area (TPSA) is 81.5 Å². The van der Waals surface area contributed by atoms with Crippen LogP contribution in [0.4, 0.5) is 5.69 Å². The predicted octanol–water partition coefficient (Wildman–Crippen LogP) is 1.17. The molecule has 1 aromatic carbocycles. The highest BCUT2D eigenvalue weighted by Crippen LogP contribution is 2.22. The molecule has 1 atom stereocenters. The van der Waals surface area contributed by atoms with Gasteiger partial charge in [0.2, 0.25) is 0 Å². The van der Waals surface area contributed by atoms with Crippen LogP contribution in [0, 0.1) is 10.1 Å². The molecule has 0 radical (unpaired) electrons. The van der Waals surface area contributed by atoms with Crippen LogP contribution in [-0.4, -0.2) is 23.5 Å². The Morgan fingerprint density at radius 2 is 2.33 bits per heavy atom. The lowest BCUT2D eigenvalue weighted by Gasteiger charge is -2.24. The monoisotopic (exact) mass is 250 g/mol. The van der Waals surface area contributed by atoms with Crippen molar-refractivity contribution >= 4 is 11.7 Å². The molecule has 6 heteroatoms. The average Bonchev–Trinajstić information content (AvgIpc) is 2.37. The zero-order valence-electron chi connectivity index (χ0n) is 10.0. The molecule has 0 aliphatic carbocycles. The summed E-state index contributed by atoms with van der Waals surface area (Å²) in [5.41, 5.74) is 1.90. The van der Waals surface area contributed by atoms with Gasteiger partial charge in [0.1, 0.15) is 6.04 Å². The molecule has 1 N–H and O–H groups in total. The van der Waals surface area contributed by atoms with E-state index >= 15 is 0 Å². The van der Waals surface area contributed by atoms with Gasteiger partial charge in [-0.1, -0.05) is 6.07 Å². The van der Waals surface area contributed by atoms with Crippen molar-refractivity contribution in [1.29, 1.82) is 0 Å². The summed E-state index contributed by atoms with van der Waals surface area (Å²) in [6.07, 6.45) is 0.506. The number of hydrogen-bond donors (Lipinski definition) is 1. The lowest BCUT2D eigenvalue weighted by atomic mass is 9.95. The van der Waals surface area contributed by atoms with Crippen LogP contribution in [0.3, 0.4) is 0 Å². The summed E-state index contributed by atoms with van der Waals surface area (Å²) in [4.78, 5) is 21.8. The number of carbonyl (C=O) groups excluding carboxylic acids is 1. The van der Waals surface area contributed by atoms with E-state index in [-0.39, 0.29) is 17.7 Å². The Morgan fingerprint density at radius 1 is 1.56 bits per heavy atom. The number of nitrogens with zero attached hydrogens (tertiary/aromatic N) is 1. The van der Waals surface area contributed by atoms with Crippen LogP contribution in [-0.2, 0) is 22.5 Å². The lowest BCUT2D eigenvalue weighted by molar-refractivity contribution is -0.384. The Kier molecular flexibility index (Phi) is 3.57. The van der Waals surface area contributed by atoms with Gasteiger partial charge in [-0.15, -0.1) is 0 Å². The third-order valence-corrected chi connectivity index (χ3v) is 2.93. The van der Waals surface area contributed by atoms with Gasteiger partial charge in [-0.3, -0.25) is 14.9 Å². The Balaban J connectivity index is 2.16. The molecule has 1 aliphatic heterocycles. The Hall–Kier alpha value is -1.95. The number of hydrogen-bond acceptors (Lipinski definition) is 5. The van der Waals surface area contributed by atoms with Crippen molar-refractivity contribution in [3.63, 3.8) is 0 Å². The third kappa shape index (κ3) is 2.48. The van der Waals surface area contributed by atoms with E-state index in [1.165, 1.54) is 6.07 Å². The van der Waals surface area contributed by atoms with E-state index in [1.54, 1.807) is 19.1 Å². The standard InChI is InChI=1S/C12H14N2O4/c1-2-18-12(15)11-6-8-3-4-10(14(16)17)5-9(8)7-13-11/h3-5,11,13H,2,6-7H2,1H3/t11-/m0/s1. The SMILES string of the molecule is CCOC(=O)[C@@H]1Cc2ccc([N+](=O)[O-])cc2CN1. The molecular weight excluding hydrogens is 236 g/mol. The van der Waals surface area contributed by atoms with E-state index in [4.69, 9.17) is 4.74 Å². The van der Waals surface area contributed by atoms with Gasteiger partial charge in [-0.2, -0.15) is 0 Å². The third-order valence-electron chi connectivity index (χ3n) is 2.93. The number of nitrogens with one attached hydrogen (secondary N) is 1. The maximum absolute atomic E-state index is 11.6. The van der Waals surface area contributed by atoms with E-state index < -0.39 is 4.92 Å². The fraction of sp³-hybridized carbons (Fsp3) is 0.417. The summed E-state index contributed by atoms with van der Waals surface area (Å²) in [6, 6.07) is 4.36. The van der Waals surface area contributed by atoms with Gasteiger partial charge in [0.15, 0.2) is 0 Å². The second kappa shape index (κ2) is 5.14. The van der Waals surface area contributed by atoms with E-state index in [0.717, 1.165) is 11.1 Å². The molecular formula is C12H14N2O4. The first-order valence-corrected chi connectivity index (χ1v) is 5.78. The summed E-state index contributed by atoms with van der Waals surface area (Å²) in [6.45, 7) is 2.56. The minimum absolute atomic E-state index is 0.0742. The predicted molar refractivity (Wildman–Crippen MR) is 64.1 cm³/mol. The highest BCUT2D eigenvalue weighted by Gasteiger charge is 2.26. The quantitative estimate of drug-likeness (QED) is 0.494. The van der Waals surface area contributed by atoms with Crippen molar-refractivity contribution in [1.82, 2.24) is 5.32 Å². The van der Waals surface area contributed by atoms with Crippen LogP contribution in [0.25, 0.3) is 0 Å². The number of carbonyl (C=O) groups is 1. The Bertz CT molecular complexity index is 487. The molecule has 1 aliphatic rings. The number of ether oxygens (including phenoxy) is 1. The summed E-state index contributed by atoms with van der Waals surface area (Å²) in [5.74, 6) is -0.276. The van der Waals surface area contributed by atoms with Gasteiger partial charge < -0.3 is 10.1 Å². The van der Waals surface area contributed by atoms with Gasteiger partial charge >= 0.3 is 5.97 Å². The highest BCUT2D eigenvalue weighted by molar-refractivity contribution is 5.76. The largest absolute Gasteiger partial charge is 0.465 e. The van der Waals surface area contributed by atoms with Gasteiger partial charge in [-0.05, 0) is 24.5 Å². The Morgan fingerprint density at radius 3 is 3.00 bits per heavy atom. The van der Waals surface area contributed by atoms with Crippen LogP contribution in [0.15, 0.2) is 18.2 Å². The number of rotatable bonds is 3. The van der Waals surface area contributed by atoms with Crippen molar-refractivity contribution in [2.45, 2.75) is 25.9 Å². The van der Waals surface area contributed by atoms with Crippen LogP contribution in [0.1, 0.15) is 18.1 Å². The number of benzene rings is 1. The molecule has 0 saturated carbocycles. The van der Waals surface area contributed by atoms with Crippen molar-refractivity contribution in [2.24, 2.45) is 0 Å². The lowest BCUT2D eigenvalue weighted by Crippen LogP contribution is -2.42. The molecule has 1 heterocycles. The van der Waals surface area contributed by atoms with E-state index in [2.05, 4.69) is 5.32 Å². The normalized spacial score (nSPS) is 17.9. The van der Waals surface area contributed by atoms with Crippen molar-refractivity contribution in [3.05, 3.63) is 39.4 Å². The molecule has 0 spiro atoms. The van der Waals surface area contributed by atoms with E-state index in [9.17, 15) is 14.9 Å². The summed E-state index contributed by atoms with van der Waals surface area (Å²) in [5, 5.41) is 13.7. The van der Waals surface area contributed by atoms with Crippen molar-refractivity contribution in [3.8, 4) is 0 Å². The minimum atomic E-state index is -0.419. The van der Waals surface area contributed by atoms with Crippen molar-refractivity contribution < 1.29 is 14.5 Å². The number of non-ortho nitro benzene ring substituents is 1. The molecule has 0 aromatic heterocycles. The fourth-order valence-electron chi connectivity index (χ4n) is 2.02. The smallest absolute Gasteiger partial charge is 0.323 e. The molecule has 0 fully saturated rings. The maximum atomic E-state index is 11.6. The first-order valence-electron chi connectivity index (χ1n) is 5.78. The number of nitro groups is 1. The zero-order valence-corrected chi connectivity index (χ0v) is 10.0. The van der Waals surface area contributed by atoms with Gasteiger partial charge in [0, 0.05) is 18.7 Å². The fourth-order valence-corrected chi connectivity index (χ4v) is 2.02. The molecule has 0 saturated heterocycles. The molecule has 96 valence electrons. The minimum Gasteiger partial charge on any atom is -0.465 e. The van der Waals surface area contributed by atoms with Crippen LogP contribution < -0.4 is 5.32 Å². The van der Waals surface area contributed by atoms with Gasteiger partial charge in [0.05, 0.1) is 11.5 Å². The first-order chi connectivity index (χ1) is 8.61. The van der Waals surface area contributed by atoms with E-state index in [0.29, 0.717) is 19.6 Å². The summed E-state index contributed by atoms with van der Waals surface area (Å²) < 4.78 is 4.95. The molecule has 0 amide bonds. The molecule has 6 nitrogen and oxygen atoms in total. The van der Waals surface area contributed by atoms with Crippen LogP contribution >= 0.6 is 0 Å². The summed E-state index contributed by atoms with van der Waals surface area (Å²) >= 11 is 0. The van der Waals surface area contributed by atoms with Crippen LogP contribution in [0.5, 0.6) is 0 Å². The first kappa shape index (κ1) is 12.5. The molecule has 18 heavy (non-hydrogen) atoms. The van der Waals surface area contributed by atoms with Crippen molar-refractivity contribution in [2.75, 3.05) is 6.61 Å². The highest BCUT2D eigenvalue weighted by atomic mass is 16.6. The average molecular weight is 250 g/mol. The van der Waals surface area contributed by atoms with Crippen LogP contribution in [0.2, 0.25) is 0 Å². The maximum Gasteiger partial charge on any atom is 0.323 e. The second-order valence-corrected chi connectivity index (χ2v) is 4.10. The van der Waals surface area contributed by atoms with Gasteiger partial charge in [-0.25, -0.2) is 0 Å². The Labute approximate surface area is 104 Å². The molecule has 1 aromatic rings. The molecule has 0 unspecified atom stereocenters. The zero-order chi connectivity index (χ0) is 13.1. The molecule has 0 bridgehead atoms. The summed E-state index contributed by atoms with van der Waals surface area (Å²) in [7, 11) is 0. The van der Waals surface area contributed by atoms with Gasteiger partial charge in [0.25, 0.3) is 5.69 Å². The number of esters is 1. The second-order valence-electron chi connectivity index (χ2n) is 4.10. The van der Waals surface area contributed by atoms with E-state index in [1.807, 2.05) is 0 Å².